The van der Waals surface area contributed by atoms with Gasteiger partial charge in [0, 0.05) is 12.2 Å². The fraction of sp³-hybridized carbons (Fsp3) is 0.0980. The van der Waals surface area contributed by atoms with E-state index < -0.39 is 0 Å². The van der Waals surface area contributed by atoms with Gasteiger partial charge in [-0.2, -0.15) is 0 Å². The maximum atomic E-state index is 6.52. The second-order valence-corrected chi connectivity index (χ2v) is 14.3. The van der Waals surface area contributed by atoms with Crippen molar-refractivity contribution >= 4 is 48.8 Å². The topological polar surface area (TPSA) is 90.1 Å². The average molecular weight is 715 g/mol. The molecule has 0 radical (unpaired) electrons. The van der Waals surface area contributed by atoms with Crippen LogP contribution in [-0.2, 0) is 13.0 Å². The minimum atomic E-state index is -0.286. The second-order valence-electron chi connectivity index (χ2n) is 14.3. The molecule has 0 fully saturated rings. The molecule has 0 aliphatic rings. The van der Waals surface area contributed by atoms with Gasteiger partial charge in [-0.3, -0.25) is 0 Å². The average Bonchev–Trinajstić information content (AvgIpc) is 3.24. The van der Waals surface area contributed by atoms with E-state index in [1.54, 1.807) is 0 Å². The van der Waals surface area contributed by atoms with Crippen LogP contribution < -0.4 is 22.5 Å². The SMILES string of the molecule is Cc1ccccc1C(N)c1ccc2c(ccc3ccccc32)c1.NCc1ccc(C(N)Nc2ccccc2Cc2ccc3c(ccc4ccccc43)c2)cc1. The van der Waals surface area contributed by atoms with Gasteiger partial charge in [-0.25, -0.2) is 0 Å². The van der Waals surface area contributed by atoms with Crippen LogP contribution in [0, 0.1) is 6.92 Å². The van der Waals surface area contributed by atoms with Crippen LogP contribution in [0.3, 0.4) is 0 Å². The van der Waals surface area contributed by atoms with Crippen molar-refractivity contribution in [1.29, 1.82) is 0 Å². The lowest BCUT2D eigenvalue weighted by Gasteiger charge is -2.19. The summed E-state index contributed by atoms with van der Waals surface area (Å²) in [7, 11) is 0. The van der Waals surface area contributed by atoms with Crippen molar-refractivity contribution in [2.45, 2.75) is 32.1 Å². The number of aryl methyl sites for hydroxylation is 1. The largest absolute Gasteiger partial charge is 0.366 e. The van der Waals surface area contributed by atoms with E-state index in [4.69, 9.17) is 17.2 Å². The lowest BCUT2D eigenvalue weighted by Crippen LogP contribution is -2.20. The Labute approximate surface area is 323 Å². The summed E-state index contributed by atoms with van der Waals surface area (Å²) < 4.78 is 0. The predicted octanol–water partition coefficient (Wildman–Crippen LogP) is 11.5. The van der Waals surface area contributed by atoms with Gasteiger partial charge < -0.3 is 22.5 Å². The van der Waals surface area contributed by atoms with Gasteiger partial charge in [0.25, 0.3) is 0 Å². The van der Waals surface area contributed by atoms with E-state index in [2.05, 4.69) is 164 Å². The highest BCUT2D eigenvalue weighted by Crippen LogP contribution is 2.31. The molecule has 55 heavy (non-hydrogen) atoms. The van der Waals surface area contributed by atoms with Crippen LogP contribution in [0.15, 0.2) is 182 Å². The quantitative estimate of drug-likeness (QED) is 0.0932. The first-order chi connectivity index (χ1) is 26.9. The number of hydrogen-bond acceptors (Lipinski definition) is 4. The standard InChI is InChI=1S/C29H27N3.C22H19N/c30-19-20-9-12-23(13-10-20)29(31)32-28-8-4-2-6-25(28)18-21-11-16-27-24(17-21)15-14-22-5-1-3-7-26(22)27;1-15-6-2-4-8-19(15)22(23)18-12-13-21-17(14-18)11-10-16-7-3-5-9-20(16)21/h1-17,29,32H,18-19,30-31H2;2-14,22H,23H2,1H3. The Hall–Kier alpha value is -6.30. The molecule has 2 unspecified atom stereocenters. The molecule has 4 heteroatoms. The third-order valence-corrected chi connectivity index (χ3v) is 10.8. The molecular weight excluding hydrogens is 669 g/mol. The van der Waals surface area contributed by atoms with Crippen molar-refractivity contribution in [2.75, 3.05) is 5.32 Å². The number of benzene rings is 9. The highest BCUT2D eigenvalue weighted by molar-refractivity contribution is 6.08. The number of fused-ring (bicyclic) bond motifs is 6. The van der Waals surface area contributed by atoms with E-state index in [0.29, 0.717) is 6.54 Å². The van der Waals surface area contributed by atoms with Crippen molar-refractivity contribution in [2.24, 2.45) is 17.2 Å². The number of nitrogens with one attached hydrogen (secondary N) is 1. The molecular formula is C51H46N4. The molecule has 0 amide bonds. The molecule has 2 atom stereocenters. The molecule has 9 aromatic carbocycles. The fourth-order valence-corrected chi connectivity index (χ4v) is 7.66. The maximum absolute atomic E-state index is 6.52. The molecule has 0 bridgehead atoms. The summed E-state index contributed by atoms with van der Waals surface area (Å²) in [5, 5.41) is 13.7. The number of anilines is 1. The third kappa shape index (κ3) is 7.71. The number of para-hydroxylation sites is 1. The summed E-state index contributed by atoms with van der Waals surface area (Å²) in [5.41, 5.74) is 28.0. The van der Waals surface area contributed by atoms with Crippen LogP contribution in [0.1, 0.15) is 51.2 Å². The number of hydrogen-bond donors (Lipinski definition) is 4. The summed E-state index contributed by atoms with van der Waals surface area (Å²) in [6, 6.07) is 63.9. The van der Waals surface area contributed by atoms with Gasteiger partial charge >= 0.3 is 0 Å². The van der Waals surface area contributed by atoms with Crippen LogP contribution in [0.25, 0.3) is 43.1 Å². The Morgan fingerprint density at radius 2 is 1.00 bits per heavy atom. The molecule has 0 aliphatic carbocycles. The van der Waals surface area contributed by atoms with Gasteiger partial charge in [0.1, 0.15) is 6.17 Å². The van der Waals surface area contributed by atoms with Crippen LogP contribution >= 0.6 is 0 Å². The molecule has 270 valence electrons. The van der Waals surface area contributed by atoms with Gasteiger partial charge in [0.05, 0.1) is 6.04 Å². The van der Waals surface area contributed by atoms with Gasteiger partial charge in [0.15, 0.2) is 0 Å². The first-order valence-corrected chi connectivity index (χ1v) is 19.0. The smallest absolute Gasteiger partial charge is 0.101 e. The lowest BCUT2D eigenvalue weighted by atomic mass is 9.93. The zero-order chi connectivity index (χ0) is 37.7. The van der Waals surface area contributed by atoms with Crippen molar-refractivity contribution in [3.8, 4) is 0 Å². The molecule has 0 saturated carbocycles. The molecule has 9 rings (SSSR count). The van der Waals surface area contributed by atoms with Gasteiger partial charge in [-0.05, 0) is 108 Å². The first-order valence-electron chi connectivity index (χ1n) is 19.0. The summed E-state index contributed by atoms with van der Waals surface area (Å²) in [5.74, 6) is 0. The maximum Gasteiger partial charge on any atom is 0.101 e. The minimum Gasteiger partial charge on any atom is -0.366 e. The summed E-state index contributed by atoms with van der Waals surface area (Å²) >= 11 is 0. The van der Waals surface area contributed by atoms with E-state index >= 15 is 0 Å². The predicted molar refractivity (Wildman–Crippen MR) is 234 cm³/mol. The molecule has 7 N–H and O–H groups in total. The van der Waals surface area contributed by atoms with Crippen molar-refractivity contribution in [3.63, 3.8) is 0 Å². The molecule has 0 heterocycles. The van der Waals surface area contributed by atoms with Crippen molar-refractivity contribution < 1.29 is 0 Å². The Morgan fingerprint density at radius 1 is 0.473 bits per heavy atom. The van der Waals surface area contributed by atoms with Crippen molar-refractivity contribution in [3.05, 3.63) is 221 Å². The van der Waals surface area contributed by atoms with Crippen molar-refractivity contribution in [1.82, 2.24) is 0 Å². The number of rotatable bonds is 8. The molecule has 4 nitrogen and oxygen atoms in total. The Kier molecular flexibility index (Phi) is 10.4. The van der Waals surface area contributed by atoms with E-state index in [1.807, 2.05) is 30.3 Å². The molecule has 9 aromatic rings. The van der Waals surface area contributed by atoms with Crippen LogP contribution in [0.5, 0.6) is 0 Å². The Balaban J connectivity index is 0.000000164. The molecule has 0 aliphatic heterocycles. The van der Waals surface area contributed by atoms with E-state index in [0.717, 1.165) is 28.8 Å². The first kappa shape index (κ1) is 35.7. The monoisotopic (exact) mass is 714 g/mol. The highest BCUT2D eigenvalue weighted by Gasteiger charge is 2.13. The highest BCUT2D eigenvalue weighted by atomic mass is 15.0. The van der Waals surface area contributed by atoms with E-state index in [9.17, 15) is 0 Å². The summed E-state index contributed by atoms with van der Waals surface area (Å²) in [6.45, 7) is 2.65. The van der Waals surface area contributed by atoms with E-state index in [-0.39, 0.29) is 12.2 Å². The molecule has 0 saturated heterocycles. The van der Waals surface area contributed by atoms with E-state index in [1.165, 1.54) is 65.3 Å². The zero-order valence-electron chi connectivity index (χ0n) is 31.1. The van der Waals surface area contributed by atoms with Gasteiger partial charge in [-0.1, -0.05) is 170 Å². The Morgan fingerprint density at radius 3 is 1.69 bits per heavy atom. The Bertz CT molecular complexity index is 2750. The number of nitrogens with two attached hydrogens (primary N) is 3. The van der Waals surface area contributed by atoms with Crippen LogP contribution in [0.4, 0.5) is 5.69 Å². The normalized spacial score (nSPS) is 12.4. The second kappa shape index (κ2) is 16.0. The zero-order valence-corrected chi connectivity index (χ0v) is 31.1. The molecule has 0 spiro atoms. The summed E-state index contributed by atoms with van der Waals surface area (Å²) in [6.07, 6.45) is 0.552. The van der Waals surface area contributed by atoms with Crippen LogP contribution in [-0.4, -0.2) is 0 Å². The van der Waals surface area contributed by atoms with Crippen LogP contribution in [0.2, 0.25) is 0 Å². The third-order valence-electron chi connectivity index (χ3n) is 10.8. The van der Waals surface area contributed by atoms with Gasteiger partial charge in [-0.15, -0.1) is 0 Å². The molecule has 0 aromatic heterocycles. The van der Waals surface area contributed by atoms with Gasteiger partial charge in [0.2, 0.25) is 0 Å². The minimum absolute atomic E-state index is 0.0907. The summed E-state index contributed by atoms with van der Waals surface area (Å²) in [4.78, 5) is 0. The fourth-order valence-electron chi connectivity index (χ4n) is 7.66. The lowest BCUT2D eigenvalue weighted by molar-refractivity contribution is 0.831.